The van der Waals surface area contributed by atoms with E-state index in [-0.39, 0.29) is 22.9 Å². The molecule has 8 heteroatoms. The van der Waals surface area contributed by atoms with Crippen LogP contribution in [0.1, 0.15) is 44.2 Å². The highest BCUT2D eigenvalue weighted by Gasteiger charge is 2.27. The lowest BCUT2D eigenvalue weighted by atomic mass is 10.1. The molecule has 0 unspecified atom stereocenters. The van der Waals surface area contributed by atoms with Crippen molar-refractivity contribution in [2.24, 2.45) is 0 Å². The molecule has 1 fully saturated rings. The third-order valence-electron chi connectivity index (χ3n) is 4.45. The number of amides is 1. The minimum atomic E-state index is -3.44. The number of carbonyl (C=O) groups is 1. The van der Waals surface area contributed by atoms with Gasteiger partial charge in [0.1, 0.15) is 0 Å². The lowest BCUT2D eigenvalue weighted by Gasteiger charge is -2.13. The summed E-state index contributed by atoms with van der Waals surface area (Å²) in [6.07, 6.45) is 4.31. The van der Waals surface area contributed by atoms with Gasteiger partial charge in [0.05, 0.1) is 11.0 Å². The molecule has 1 aliphatic carbocycles. The van der Waals surface area contributed by atoms with Gasteiger partial charge in [-0.15, -0.1) is 0 Å². The van der Waals surface area contributed by atoms with Crippen LogP contribution >= 0.6 is 0 Å². The van der Waals surface area contributed by atoms with Crippen molar-refractivity contribution in [2.75, 3.05) is 0 Å². The molecule has 156 valence electrons. The Balaban J connectivity index is 1.48. The molecule has 0 radical (unpaired) electrons. The van der Waals surface area contributed by atoms with Crippen LogP contribution in [0.5, 0.6) is 5.88 Å². The number of aryl methyl sites for hydroxylation is 1. The average Bonchev–Trinajstić information content (AvgIpc) is 3.49. The number of ether oxygens (including phenoxy) is 1. The number of nitrogens with one attached hydrogen (secondary N) is 2. The van der Waals surface area contributed by atoms with Crippen LogP contribution in [0.4, 0.5) is 0 Å². The van der Waals surface area contributed by atoms with E-state index in [0.717, 1.165) is 24.0 Å². The number of carbonyl (C=O) groups excluding carboxylic acids is 1. The van der Waals surface area contributed by atoms with E-state index in [9.17, 15) is 13.2 Å². The maximum atomic E-state index is 12.2. The van der Waals surface area contributed by atoms with Gasteiger partial charge in [-0.3, -0.25) is 4.79 Å². The number of aromatic nitrogens is 1. The van der Waals surface area contributed by atoms with Gasteiger partial charge in [0.2, 0.25) is 21.8 Å². The fraction of sp³-hybridized carbons (Fsp3) is 0.429. The third kappa shape index (κ3) is 6.54. The van der Waals surface area contributed by atoms with Gasteiger partial charge in [0.25, 0.3) is 0 Å². The standard InChI is InChI=1S/C21H27N3O4S/c1-15(2)28-21-17(4-3-13-22-21)14-23-20(25)12-7-16-5-10-19(11-6-16)29(26,27)24-18-8-9-18/h3-6,10-11,13,15,18,24H,7-9,12,14H2,1-2H3,(H,23,25). The van der Waals surface area contributed by atoms with Crippen molar-refractivity contribution < 1.29 is 17.9 Å². The van der Waals surface area contributed by atoms with E-state index in [2.05, 4.69) is 15.0 Å². The van der Waals surface area contributed by atoms with Crippen molar-refractivity contribution >= 4 is 15.9 Å². The summed E-state index contributed by atoms with van der Waals surface area (Å²) in [6, 6.07) is 10.4. The molecule has 0 saturated heterocycles. The van der Waals surface area contributed by atoms with E-state index in [4.69, 9.17) is 4.74 Å². The summed E-state index contributed by atoms with van der Waals surface area (Å²) in [7, 11) is -3.44. The van der Waals surface area contributed by atoms with Crippen LogP contribution < -0.4 is 14.8 Å². The highest BCUT2D eigenvalue weighted by Crippen LogP contribution is 2.22. The molecule has 3 rings (SSSR count). The van der Waals surface area contributed by atoms with Gasteiger partial charge in [-0.05, 0) is 56.9 Å². The number of hydrogen-bond donors (Lipinski definition) is 2. The summed E-state index contributed by atoms with van der Waals surface area (Å²) in [6.45, 7) is 4.20. The number of nitrogens with zero attached hydrogens (tertiary/aromatic N) is 1. The maximum Gasteiger partial charge on any atom is 0.240 e. The quantitative estimate of drug-likeness (QED) is 0.619. The number of sulfonamides is 1. The Hall–Kier alpha value is -2.45. The molecule has 0 spiro atoms. The normalized spacial score (nSPS) is 14.0. The van der Waals surface area contributed by atoms with Crippen LogP contribution in [0.3, 0.4) is 0 Å². The first kappa shape index (κ1) is 21.3. The lowest BCUT2D eigenvalue weighted by Crippen LogP contribution is -2.25. The van der Waals surface area contributed by atoms with Gasteiger partial charge in [0, 0.05) is 30.8 Å². The topological polar surface area (TPSA) is 97.4 Å². The molecule has 1 aromatic heterocycles. The van der Waals surface area contributed by atoms with Gasteiger partial charge in [-0.2, -0.15) is 0 Å². The monoisotopic (exact) mass is 417 g/mol. The summed E-state index contributed by atoms with van der Waals surface area (Å²) >= 11 is 0. The fourth-order valence-corrected chi connectivity index (χ4v) is 4.06. The molecule has 1 aliphatic rings. The fourth-order valence-electron chi connectivity index (χ4n) is 2.75. The number of pyridine rings is 1. The zero-order valence-electron chi connectivity index (χ0n) is 16.7. The molecule has 1 saturated carbocycles. The Morgan fingerprint density at radius 2 is 1.93 bits per heavy atom. The van der Waals surface area contributed by atoms with E-state index < -0.39 is 10.0 Å². The van der Waals surface area contributed by atoms with Crippen LogP contribution in [0.25, 0.3) is 0 Å². The average molecular weight is 418 g/mol. The minimum Gasteiger partial charge on any atom is -0.475 e. The van der Waals surface area contributed by atoms with Crippen molar-refractivity contribution in [3.63, 3.8) is 0 Å². The van der Waals surface area contributed by atoms with E-state index in [1.807, 2.05) is 26.0 Å². The smallest absolute Gasteiger partial charge is 0.240 e. The van der Waals surface area contributed by atoms with Crippen LogP contribution in [0, 0.1) is 0 Å². The molecule has 0 atom stereocenters. The lowest BCUT2D eigenvalue weighted by molar-refractivity contribution is -0.121. The maximum absolute atomic E-state index is 12.2. The van der Waals surface area contributed by atoms with Crippen molar-refractivity contribution in [2.45, 2.75) is 63.1 Å². The summed E-state index contributed by atoms with van der Waals surface area (Å²) in [5.41, 5.74) is 1.74. The molecule has 0 aliphatic heterocycles. The van der Waals surface area contributed by atoms with E-state index in [0.29, 0.717) is 25.3 Å². The Labute approximate surface area is 171 Å². The van der Waals surface area contributed by atoms with Gasteiger partial charge >= 0.3 is 0 Å². The second-order valence-electron chi connectivity index (χ2n) is 7.45. The van der Waals surface area contributed by atoms with Gasteiger partial charge < -0.3 is 10.1 Å². The summed E-state index contributed by atoms with van der Waals surface area (Å²) < 4.78 is 32.7. The number of hydrogen-bond acceptors (Lipinski definition) is 5. The van der Waals surface area contributed by atoms with Gasteiger partial charge in [0.15, 0.2) is 0 Å². The van der Waals surface area contributed by atoms with E-state index in [1.54, 1.807) is 30.5 Å². The van der Waals surface area contributed by atoms with Crippen molar-refractivity contribution in [1.29, 1.82) is 0 Å². The second-order valence-corrected chi connectivity index (χ2v) is 9.16. The number of rotatable bonds is 10. The first-order valence-corrected chi connectivity index (χ1v) is 11.3. The van der Waals surface area contributed by atoms with Gasteiger partial charge in [-0.25, -0.2) is 18.1 Å². The van der Waals surface area contributed by atoms with Crippen molar-refractivity contribution in [3.8, 4) is 5.88 Å². The minimum absolute atomic E-state index is 0.00520. The zero-order valence-corrected chi connectivity index (χ0v) is 17.5. The third-order valence-corrected chi connectivity index (χ3v) is 5.98. The highest BCUT2D eigenvalue weighted by atomic mass is 32.2. The Morgan fingerprint density at radius 1 is 1.21 bits per heavy atom. The van der Waals surface area contributed by atoms with E-state index in [1.165, 1.54) is 0 Å². The molecule has 1 amide bonds. The first-order valence-electron chi connectivity index (χ1n) is 9.82. The van der Waals surface area contributed by atoms with Crippen molar-refractivity contribution in [1.82, 2.24) is 15.0 Å². The summed E-state index contributed by atoms with van der Waals surface area (Å²) in [5.74, 6) is 0.441. The van der Waals surface area contributed by atoms with E-state index >= 15 is 0 Å². The summed E-state index contributed by atoms with van der Waals surface area (Å²) in [5, 5.41) is 2.88. The Kier molecular flexibility index (Phi) is 6.87. The highest BCUT2D eigenvalue weighted by molar-refractivity contribution is 7.89. The van der Waals surface area contributed by atoms with Crippen LogP contribution in [-0.4, -0.2) is 31.5 Å². The van der Waals surface area contributed by atoms with Crippen LogP contribution in [0.2, 0.25) is 0 Å². The molecule has 0 bridgehead atoms. The first-order chi connectivity index (χ1) is 13.8. The molecule has 1 heterocycles. The Morgan fingerprint density at radius 3 is 2.59 bits per heavy atom. The molecule has 2 N–H and O–H groups in total. The zero-order chi connectivity index (χ0) is 20.9. The molecular formula is C21H27N3O4S. The molecular weight excluding hydrogens is 390 g/mol. The number of benzene rings is 1. The SMILES string of the molecule is CC(C)Oc1ncccc1CNC(=O)CCc1ccc(S(=O)(=O)NC2CC2)cc1. The van der Waals surface area contributed by atoms with Gasteiger partial charge in [-0.1, -0.05) is 18.2 Å². The second kappa shape index (κ2) is 9.37. The largest absolute Gasteiger partial charge is 0.475 e. The Bertz CT molecular complexity index is 939. The van der Waals surface area contributed by atoms with Crippen molar-refractivity contribution in [3.05, 3.63) is 53.7 Å². The molecule has 7 nitrogen and oxygen atoms in total. The predicted molar refractivity (Wildman–Crippen MR) is 110 cm³/mol. The summed E-state index contributed by atoms with van der Waals surface area (Å²) in [4.78, 5) is 16.7. The predicted octanol–water partition coefficient (Wildman–Crippen LogP) is 2.56. The van der Waals surface area contributed by atoms with Crippen LogP contribution in [-0.2, 0) is 27.8 Å². The molecule has 2 aromatic rings. The molecule has 29 heavy (non-hydrogen) atoms. The van der Waals surface area contributed by atoms with Crippen LogP contribution in [0.15, 0.2) is 47.5 Å². The molecule has 1 aromatic carbocycles.